The SMILES string of the molecule is CC(C)(C)OC(=O)N1CCC[C@@H]2C(NCCCO)C(C)(C)[C@@H]21. The third-order valence-corrected chi connectivity index (χ3v) is 5.00. The lowest BCUT2D eigenvalue weighted by atomic mass is 9.52. The lowest BCUT2D eigenvalue weighted by Crippen LogP contribution is -2.74. The summed E-state index contributed by atoms with van der Waals surface area (Å²) in [4.78, 5) is 14.5. The van der Waals surface area contributed by atoms with Crippen LogP contribution in [0.15, 0.2) is 0 Å². The molecule has 1 saturated carbocycles. The zero-order valence-electron chi connectivity index (χ0n) is 14.7. The Hall–Kier alpha value is -0.810. The zero-order valence-corrected chi connectivity index (χ0v) is 14.7. The molecule has 1 amide bonds. The number of nitrogens with one attached hydrogen (secondary N) is 1. The average Bonchev–Trinajstić information content (AvgIpc) is 2.40. The molecule has 0 aromatic rings. The van der Waals surface area contributed by atoms with Crippen molar-refractivity contribution in [1.29, 1.82) is 0 Å². The number of hydrogen-bond donors (Lipinski definition) is 2. The van der Waals surface area contributed by atoms with Gasteiger partial charge in [-0.05, 0) is 52.5 Å². The smallest absolute Gasteiger partial charge is 0.410 e. The quantitative estimate of drug-likeness (QED) is 0.783. The van der Waals surface area contributed by atoms with E-state index in [1.54, 1.807) is 0 Å². The number of amides is 1. The van der Waals surface area contributed by atoms with Crippen LogP contribution in [-0.2, 0) is 4.74 Å². The first kappa shape index (κ1) is 17.5. The van der Waals surface area contributed by atoms with E-state index in [0.717, 1.165) is 32.4 Å². The van der Waals surface area contributed by atoms with Crippen molar-refractivity contribution < 1.29 is 14.6 Å². The van der Waals surface area contributed by atoms with Crippen LogP contribution in [0.2, 0.25) is 0 Å². The number of aliphatic hydroxyl groups is 1. The third-order valence-electron chi connectivity index (χ3n) is 5.00. The van der Waals surface area contributed by atoms with Crippen LogP contribution in [0.3, 0.4) is 0 Å². The van der Waals surface area contributed by atoms with Crippen LogP contribution < -0.4 is 5.32 Å². The van der Waals surface area contributed by atoms with Gasteiger partial charge in [0.2, 0.25) is 0 Å². The first-order valence-corrected chi connectivity index (χ1v) is 8.52. The van der Waals surface area contributed by atoms with Crippen LogP contribution in [0, 0.1) is 11.3 Å². The van der Waals surface area contributed by atoms with E-state index in [2.05, 4.69) is 19.2 Å². The van der Waals surface area contributed by atoms with Gasteiger partial charge in [-0.1, -0.05) is 13.8 Å². The zero-order chi connectivity index (χ0) is 16.5. The monoisotopic (exact) mass is 312 g/mol. The summed E-state index contributed by atoms with van der Waals surface area (Å²) < 4.78 is 5.59. The summed E-state index contributed by atoms with van der Waals surface area (Å²) in [6.07, 6.45) is 2.79. The summed E-state index contributed by atoms with van der Waals surface area (Å²) in [6.45, 7) is 12.1. The number of carbonyl (C=O) groups is 1. The lowest BCUT2D eigenvalue weighted by Gasteiger charge is -2.64. The molecule has 2 fully saturated rings. The Morgan fingerprint density at radius 1 is 1.41 bits per heavy atom. The molecule has 0 bridgehead atoms. The maximum Gasteiger partial charge on any atom is 0.410 e. The summed E-state index contributed by atoms with van der Waals surface area (Å²) >= 11 is 0. The maximum atomic E-state index is 12.5. The van der Waals surface area contributed by atoms with Crippen molar-refractivity contribution in [2.24, 2.45) is 11.3 Å². The van der Waals surface area contributed by atoms with E-state index in [0.29, 0.717) is 12.0 Å². The fraction of sp³-hybridized carbons (Fsp3) is 0.941. The second-order valence-corrected chi connectivity index (χ2v) is 8.25. The Morgan fingerprint density at radius 3 is 2.68 bits per heavy atom. The van der Waals surface area contributed by atoms with Crippen molar-refractivity contribution in [3.05, 3.63) is 0 Å². The largest absolute Gasteiger partial charge is 0.444 e. The molecule has 0 spiro atoms. The van der Waals surface area contributed by atoms with Gasteiger partial charge >= 0.3 is 6.09 Å². The number of piperidine rings is 1. The summed E-state index contributed by atoms with van der Waals surface area (Å²) in [5.41, 5.74) is -0.409. The highest BCUT2D eigenvalue weighted by Crippen LogP contribution is 2.52. The Balaban J connectivity index is 2.03. The van der Waals surface area contributed by atoms with E-state index >= 15 is 0 Å². The first-order chi connectivity index (χ1) is 10.2. The minimum absolute atomic E-state index is 0.0391. The summed E-state index contributed by atoms with van der Waals surface area (Å²) in [5, 5.41) is 12.5. The molecule has 2 N–H and O–H groups in total. The number of aliphatic hydroxyl groups excluding tert-OH is 1. The summed E-state index contributed by atoms with van der Waals surface area (Å²) in [6, 6.07) is 0.664. The van der Waals surface area contributed by atoms with Gasteiger partial charge in [0, 0.05) is 30.7 Å². The van der Waals surface area contributed by atoms with E-state index in [1.165, 1.54) is 0 Å². The fourth-order valence-electron chi connectivity index (χ4n) is 4.22. The molecular formula is C17H32N2O3. The molecule has 3 atom stereocenters. The Labute approximate surface area is 134 Å². The summed E-state index contributed by atoms with van der Waals surface area (Å²) in [5.74, 6) is 0.495. The highest BCUT2D eigenvalue weighted by atomic mass is 16.6. The fourth-order valence-corrected chi connectivity index (χ4v) is 4.22. The molecule has 1 aliphatic carbocycles. The van der Waals surface area contributed by atoms with Crippen molar-refractivity contribution in [2.75, 3.05) is 19.7 Å². The van der Waals surface area contributed by atoms with Crippen LogP contribution in [0.4, 0.5) is 4.79 Å². The molecule has 1 unspecified atom stereocenters. The first-order valence-electron chi connectivity index (χ1n) is 8.52. The second-order valence-electron chi connectivity index (χ2n) is 8.25. The predicted octanol–water partition coefficient (Wildman–Crippen LogP) is 2.38. The number of ether oxygens (including phenoxy) is 1. The molecule has 1 heterocycles. The normalized spacial score (nSPS) is 30.5. The van der Waals surface area contributed by atoms with Crippen molar-refractivity contribution in [1.82, 2.24) is 10.2 Å². The number of carbonyl (C=O) groups excluding carboxylic acids is 1. The lowest BCUT2D eigenvalue weighted by molar-refractivity contribution is -0.119. The van der Waals surface area contributed by atoms with E-state index in [9.17, 15) is 4.79 Å². The minimum Gasteiger partial charge on any atom is -0.444 e. The molecule has 0 aromatic carbocycles. The van der Waals surface area contributed by atoms with Gasteiger partial charge < -0.3 is 20.1 Å². The maximum absolute atomic E-state index is 12.5. The van der Waals surface area contributed by atoms with Crippen molar-refractivity contribution >= 4 is 6.09 Å². The van der Waals surface area contributed by atoms with E-state index in [-0.39, 0.29) is 24.2 Å². The van der Waals surface area contributed by atoms with Crippen molar-refractivity contribution in [3.8, 4) is 0 Å². The molecule has 1 saturated heterocycles. The van der Waals surface area contributed by atoms with Gasteiger partial charge in [-0.3, -0.25) is 0 Å². The standard InChI is InChI=1S/C17H32N2O3/c1-16(2,3)22-15(21)19-10-6-8-12-13(18-9-7-11-20)17(4,5)14(12)19/h12-14,18,20H,6-11H2,1-5H3/t12-,13?,14-/m1/s1. The Morgan fingerprint density at radius 2 is 2.09 bits per heavy atom. The average molecular weight is 312 g/mol. The van der Waals surface area contributed by atoms with Crippen molar-refractivity contribution in [2.45, 2.75) is 71.6 Å². The van der Waals surface area contributed by atoms with Gasteiger partial charge in [-0.15, -0.1) is 0 Å². The number of rotatable bonds is 4. The molecule has 22 heavy (non-hydrogen) atoms. The molecule has 5 nitrogen and oxygen atoms in total. The van der Waals surface area contributed by atoms with Gasteiger partial charge in [-0.2, -0.15) is 0 Å². The molecular weight excluding hydrogens is 280 g/mol. The molecule has 0 radical (unpaired) electrons. The minimum atomic E-state index is -0.448. The van der Waals surface area contributed by atoms with E-state index in [4.69, 9.17) is 9.84 Å². The number of nitrogens with zero attached hydrogens (tertiary/aromatic N) is 1. The van der Waals surface area contributed by atoms with Crippen LogP contribution in [-0.4, -0.2) is 53.5 Å². The Kier molecular flexibility index (Phi) is 5.07. The molecule has 2 rings (SSSR count). The molecule has 128 valence electrons. The van der Waals surface area contributed by atoms with Crippen LogP contribution in [0.25, 0.3) is 0 Å². The highest BCUT2D eigenvalue weighted by Gasteiger charge is 2.60. The Bertz CT molecular complexity index is 403. The van der Waals surface area contributed by atoms with Crippen LogP contribution in [0.5, 0.6) is 0 Å². The molecule has 5 heteroatoms. The molecule has 0 aromatic heterocycles. The summed E-state index contributed by atoms with van der Waals surface area (Å²) in [7, 11) is 0. The van der Waals surface area contributed by atoms with Gasteiger partial charge in [0.15, 0.2) is 0 Å². The number of hydrogen-bond acceptors (Lipinski definition) is 4. The highest BCUT2D eigenvalue weighted by molar-refractivity contribution is 5.69. The van der Waals surface area contributed by atoms with Gasteiger partial charge in [0.05, 0.1) is 0 Å². The van der Waals surface area contributed by atoms with Gasteiger partial charge in [0.25, 0.3) is 0 Å². The third kappa shape index (κ3) is 3.40. The topological polar surface area (TPSA) is 61.8 Å². The van der Waals surface area contributed by atoms with E-state index < -0.39 is 5.60 Å². The van der Waals surface area contributed by atoms with Gasteiger partial charge in [-0.25, -0.2) is 4.79 Å². The van der Waals surface area contributed by atoms with E-state index in [1.807, 2.05) is 25.7 Å². The predicted molar refractivity (Wildman–Crippen MR) is 86.7 cm³/mol. The number of likely N-dealkylation sites (tertiary alicyclic amines) is 1. The van der Waals surface area contributed by atoms with Crippen LogP contribution >= 0.6 is 0 Å². The number of fused-ring (bicyclic) bond motifs is 1. The molecule has 2 aliphatic rings. The second kappa shape index (κ2) is 6.36. The van der Waals surface area contributed by atoms with Gasteiger partial charge in [0.1, 0.15) is 5.60 Å². The van der Waals surface area contributed by atoms with Crippen molar-refractivity contribution in [3.63, 3.8) is 0 Å². The van der Waals surface area contributed by atoms with Crippen LogP contribution in [0.1, 0.15) is 53.9 Å². The molecule has 1 aliphatic heterocycles.